The van der Waals surface area contributed by atoms with Crippen LogP contribution in [0.4, 0.5) is 11.5 Å². The molecule has 1 heterocycles. The summed E-state index contributed by atoms with van der Waals surface area (Å²) >= 11 is 0. The lowest BCUT2D eigenvalue weighted by molar-refractivity contribution is -0.118. The number of ether oxygens (including phenoxy) is 2. The summed E-state index contributed by atoms with van der Waals surface area (Å²) in [6, 6.07) is 11.0. The molecule has 0 atom stereocenters. The zero-order valence-electron chi connectivity index (χ0n) is 15.7. The SMILES string of the molecule is CCCN(CCC)c1ccc(NC(=O)COc2ccccc2OC)nc1. The molecule has 0 aliphatic heterocycles. The van der Waals surface area contributed by atoms with E-state index in [0.29, 0.717) is 17.3 Å². The average molecular weight is 357 g/mol. The van der Waals surface area contributed by atoms with Crippen molar-refractivity contribution < 1.29 is 14.3 Å². The summed E-state index contributed by atoms with van der Waals surface area (Å²) in [5.74, 6) is 1.36. The number of nitrogens with one attached hydrogen (secondary N) is 1. The number of aromatic nitrogens is 1. The van der Waals surface area contributed by atoms with Gasteiger partial charge in [0.2, 0.25) is 0 Å². The molecule has 0 aliphatic carbocycles. The second kappa shape index (κ2) is 10.3. The van der Waals surface area contributed by atoms with Gasteiger partial charge in [0.1, 0.15) is 5.82 Å². The van der Waals surface area contributed by atoms with Gasteiger partial charge in [-0.1, -0.05) is 26.0 Å². The van der Waals surface area contributed by atoms with Crippen LogP contribution in [0.5, 0.6) is 11.5 Å². The molecule has 1 aromatic carbocycles. The van der Waals surface area contributed by atoms with Crippen molar-refractivity contribution in [1.82, 2.24) is 4.98 Å². The van der Waals surface area contributed by atoms with Crippen molar-refractivity contribution >= 4 is 17.4 Å². The van der Waals surface area contributed by atoms with Gasteiger partial charge in [-0.15, -0.1) is 0 Å². The third kappa shape index (κ3) is 5.65. The lowest BCUT2D eigenvalue weighted by Gasteiger charge is -2.23. The normalized spacial score (nSPS) is 10.3. The zero-order valence-corrected chi connectivity index (χ0v) is 15.7. The van der Waals surface area contributed by atoms with E-state index in [1.807, 2.05) is 24.3 Å². The molecule has 26 heavy (non-hydrogen) atoms. The van der Waals surface area contributed by atoms with Crippen LogP contribution in [-0.4, -0.2) is 37.7 Å². The van der Waals surface area contributed by atoms with E-state index in [4.69, 9.17) is 9.47 Å². The second-order valence-electron chi connectivity index (χ2n) is 5.88. The van der Waals surface area contributed by atoms with E-state index in [-0.39, 0.29) is 12.5 Å². The van der Waals surface area contributed by atoms with Crippen LogP contribution >= 0.6 is 0 Å². The first-order chi connectivity index (χ1) is 12.7. The topological polar surface area (TPSA) is 63.7 Å². The number of rotatable bonds is 10. The van der Waals surface area contributed by atoms with Crippen molar-refractivity contribution in [1.29, 1.82) is 0 Å². The third-order valence-corrected chi connectivity index (χ3v) is 3.80. The minimum absolute atomic E-state index is 0.110. The number of amides is 1. The van der Waals surface area contributed by atoms with E-state index in [1.165, 1.54) is 0 Å². The maximum Gasteiger partial charge on any atom is 0.263 e. The first-order valence-electron chi connectivity index (χ1n) is 8.94. The largest absolute Gasteiger partial charge is 0.493 e. The number of carbonyl (C=O) groups is 1. The van der Waals surface area contributed by atoms with Crippen LogP contribution in [0.3, 0.4) is 0 Å². The monoisotopic (exact) mass is 357 g/mol. The van der Waals surface area contributed by atoms with E-state index < -0.39 is 0 Å². The molecule has 0 saturated heterocycles. The van der Waals surface area contributed by atoms with Gasteiger partial charge in [-0.25, -0.2) is 4.98 Å². The maximum absolute atomic E-state index is 12.1. The van der Waals surface area contributed by atoms with Crippen molar-refractivity contribution in [3.63, 3.8) is 0 Å². The van der Waals surface area contributed by atoms with Crippen LogP contribution in [0, 0.1) is 0 Å². The standard InChI is InChI=1S/C20H27N3O3/c1-4-12-23(13-5-2)16-10-11-19(21-14-16)22-20(24)15-26-18-9-7-6-8-17(18)25-3/h6-11,14H,4-5,12-13,15H2,1-3H3,(H,21,22,24). The van der Waals surface area contributed by atoms with Gasteiger partial charge in [0.25, 0.3) is 5.91 Å². The quantitative estimate of drug-likeness (QED) is 0.702. The minimum Gasteiger partial charge on any atom is -0.493 e. The molecule has 0 unspecified atom stereocenters. The van der Waals surface area contributed by atoms with Crippen molar-refractivity contribution in [3.8, 4) is 11.5 Å². The Morgan fingerprint density at radius 1 is 1.08 bits per heavy atom. The fourth-order valence-corrected chi connectivity index (χ4v) is 2.62. The van der Waals surface area contributed by atoms with Gasteiger partial charge in [0, 0.05) is 13.1 Å². The van der Waals surface area contributed by atoms with Crippen LogP contribution in [0.25, 0.3) is 0 Å². The van der Waals surface area contributed by atoms with Gasteiger partial charge in [0.15, 0.2) is 18.1 Å². The number of pyridine rings is 1. The highest BCUT2D eigenvalue weighted by Gasteiger charge is 2.09. The van der Waals surface area contributed by atoms with Gasteiger partial charge in [-0.05, 0) is 37.1 Å². The number of anilines is 2. The number of hydrogen-bond donors (Lipinski definition) is 1. The lowest BCUT2D eigenvalue weighted by atomic mass is 10.3. The average Bonchev–Trinajstić information content (AvgIpc) is 2.67. The predicted octanol–water partition coefficient (Wildman–Crippen LogP) is 3.73. The molecule has 0 radical (unpaired) electrons. The highest BCUT2D eigenvalue weighted by Crippen LogP contribution is 2.25. The summed E-state index contributed by atoms with van der Waals surface area (Å²) < 4.78 is 10.7. The van der Waals surface area contributed by atoms with Crippen LogP contribution in [0.2, 0.25) is 0 Å². The summed E-state index contributed by atoms with van der Waals surface area (Å²) in [6.07, 6.45) is 3.96. The molecule has 0 aliphatic rings. The molecule has 2 rings (SSSR count). The van der Waals surface area contributed by atoms with E-state index in [0.717, 1.165) is 31.6 Å². The fraction of sp³-hybridized carbons (Fsp3) is 0.400. The van der Waals surface area contributed by atoms with Crippen LogP contribution in [-0.2, 0) is 4.79 Å². The lowest BCUT2D eigenvalue weighted by Crippen LogP contribution is -2.25. The fourth-order valence-electron chi connectivity index (χ4n) is 2.62. The first kappa shape index (κ1) is 19.6. The van der Waals surface area contributed by atoms with Gasteiger partial charge < -0.3 is 19.7 Å². The molecule has 1 amide bonds. The molecule has 6 heteroatoms. The van der Waals surface area contributed by atoms with Crippen LogP contribution < -0.4 is 19.7 Å². The molecule has 0 saturated carbocycles. The van der Waals surface area contributed by atoms with Gasteiger partial charge in [-0.3, -0.25) is 4.79 Å². The summed E-state index contributed by atoms with van der Waals surface area (Å²) in [7, 11) is 1.56. The molecule has 1 aromatic heterocycles. The Bertz CT molecular complexity index is 683. The number of para-hydroxylation sites is 2. The number of carbonyl (C=O) groups excluding carboxylic acids is 1. The molecule has 0 fully saturated rings. The molecule has 6 nitrogen and oxygen atoms in total. The summed E-state index contributed by atoms with van der Waals surface area (Å²) in [5, 5.41) is 2.75. The highest BCUT2D eigenvalue weighted by molar-refractivity contribution is 5.91. The van der Waals surface area contributed by atoms with Crippen molar-refractivity contribution in [2.75, 3.05) is 37.0 Å². The van der Waals surface area contributed by atoms with Crippen molar-refractivity contribution in [3.05, 3.63) is 42.6 Å². The smallest absolute Gasteiger partial charge is 0.263 e. The number of methoxy groups -OCH3 is 1. The van der Waals surface area contributed by atoms with Crippen molar-refractivity contribution in [2.45, 2.75) is 26.7 Å². The van der Waals surface area contributed by atoms with E-state index in [1.54, 1.807) is 25.4 Å². The van der Waals surface area contributed by atoms with E-state index in [2.05, 4.69) is 29.0 Å². The van der Waals surface area contributed by atoms with Crippen LogP contribution in [0.15, 0.2) is 42.6 Å². The van der Waals surface area contributed by atoms with Gasteiger partial charge in [-0.2, -0.15) is 0 Å². The minimum atomic E-state index is -0.268. The third-order valence-electron chi connectivity index (χ3n) is 3.80. The first-order valence-corrected chi connectivity index (χ1v) is 8.94. The Kier molecular flexibility index (Phi) is 7.74. The van der Waals surface area contributed by atoms with Crippen molar-refractivity contribution in [2.24, 2.45) is 0 Å². The van der Waals surface area contributed by atoms with E-state index >= 15 is 0 Å². The Hall–Kier alpha value is -2.76. The molecule has 0 bridgehead atoms. The summed E-state index contributed by atoms with van der Waals surface area (Å²) in [6.45, 7) is 6.20. The predicted molar refractivity (Wildman–Crippen MR) is 104 cm³/mol. The zero-order chi connectivity index (χ0) is 18.8. The second-order valence-corrected chi connectivity index (χ2v) is 5.88. The maximum atomic E-state index is 12.1. The summed E-state index contributed by atoms with van der Waals surface area (Å²) in [5.41, 5.74) is 1.07. The van der Waals surface area contributed by atoms with Gasteiger partial charge >= 0.3 is 0 Å². The molecule has 2 aromatic rings. The van der Waals surface area contributed by atoms with Crippen LogP contribution in [0.1, 0.15) is 26.7 Å². The Morgan fingerprint density at radius 2 is 1.77 bits per heavy atom. The number of nitrogens with zero attached hydrogens (tertiary/aromatic N) is 2. The van der Waals surface area contributed by atoms with Gasteiger partial charge in [0.05, 0.1) is 19.0 Å². The van der Waals surface area contributed by atoms with E-state index in [9.17, 15) is 4.79 Å². The molecule has 140 valence electrons. The Morgan fingerprint density at radius 3 is 2.35 bits per heavy atom. The molecule has 1 N–H and O–H groups in total. The number of hydrogen-bond acceptors (Lipinski definition) is 5. The Labute approximate surface area is 155 Å². The molecular formula is C20H27N3O3. The molecule has 0 spiro atoms. The molecular weight excluding hydrogens is 330 g/mol. The number of benzene rings is 1. The Balaban J connectivity index is 1.90. The highest BCUT2D eigenvalue weighted by atomic mass is 16.5. The summed E-state index contributed by atoms with van der Waals surface area (Å²) in [4.78, 5) is 18.7.